The van der Waals surface area contributed by atoms with E-state index in [2.05, 4.69) is 10.6 Å². The van der Waals surface area contributed by atoms with Crippen molar-refractivity contribution in [3.63, 3.8) is 0 Å². The maximum absolute atomic E-state index is 12.3. The van der Waals surface area contributed by atoms with Gasteiger partial charge in [0.25, 0.3) is 5.91 Å². The summed E-state index contributed by atoms with van der Waals surface area (Å²) in [5.41, 5.74) is 1.54. The maximum atomic E-state index is 12.3. The van der Waals surface area contributed by atoms with E-state index < -0.39 is 18.0 Å². The first-order chi connectivity index (χ1) is 13.4. The molecule has 2 N–H and O–H groups in total. The molecule has 2 aromatic carbocycles. The van der Waals surface area contributed by atoms with Gasteiger partial charge < -0.3 is 24.8 Å². The molecule has 1 atom stereocenters. The van der Waals surface area contributed by atoms with Crippen LogP contribution in [0.4, 0.5) is 5.69 Å². The van der Waals surface area contributed by atoms with Crippen molar-refractivity contribution in [3.05, 3.63) is 53.6 Å². The lowest BCUT2D eigenvalue weighted by molar-refractivity contribution is -0.129. The third kappa shape index (κ3) is 4.79. The highest BCUT2D eigenvalue weighted by Crippen LogP contribution is 2.32. The van der Waals surface area contributed by atoms with Crippen LogP contribution in [0, 0.1) is 0 Å². The number of anilines is 1. The SMILES string of the molecule is CC(=O)Nc1cccc(C(=O)O[C@H](C)C(=O)NCc2ccc3c(c2)OCO3)c1. The summed E-state index contributed by atoms with van der Waals surface area (Å²) < 4.78 is 15.8. The molecule has 0 bridgehead atoms. The second-order valence-corrected chi connectivity index (χ2v) is 6.21. The lowest BCUT2D eigenvalue weighted by Gasteiger charge is -2.14. The third-order valence-electron chi connectivity index (χ3n) is 3.98. The molecule has 8 nitrogen and oxygen atoms in total. The Balaban J connectivity index is 1.53. The number of esters is 1. The lowest BCUT2D eigenvalue weighted by atomic mass is 10.2. The van der Waals surface area contributed by atoms with Crippen LogP contribution in [0.25, 0.3) is 0 Å². The molecule has 2 aromatic rings. The quantitative estimate of drug-likeness (QED) is 0.741. The number of amides is 2. The van der Waals surface area contributed by atoms with E-state index in [1.165, 1.54) is 19.9 Å². The zero-order chi connectivity index (χ0) is 20.1. The minimum absolute atomic E-state index is 0.182. The van der Waals surface area contributed by atoms with E-state index >= 15 is 0 Å². The number of fused-ring (bicyclic) bond motifs is 1. The summed E-state index contributed by atoms with van der Waals surface area (Å²) in [6, 6.07) is 11.7. The normalized spacial score (nSPS) is 12.8. The van der Waals surface area contributed by atoms with Crippen LogP contribution in [0.3, 0.4) is 0 Å². The van der Waals surface area contributed by atoms with Gasteiger partial charge in [-0.3, -0.25) is 9.59 Å². The number of benzene rings is 2. The summed E-state index contributed by atoms with van der Waals surface area (Å²) in [6.07, 6.45) is -0.981. The Labute approximate surface area is 161 Å². The Morgan fingerprint density at radius 2 is 1.89 bits per heavy atom. The van der Waals surface area contributed by atoms with Crippen LogP contribution in [0.5, 0.6) is 11.5 Å². The molecule has 1 aliphatic rings. The van der Waals surface area contributed by atoms with Gasteiger partial charge in [0, 0.05) is 19.2 Å². The van der Waals surface area contributed by atoms with Gasteiger partial charge in [0.1, 0.15) is 0 Å². The van der Waals surface area contributed by atoms with Gasteiger partial charge >= 0.3 is 5.97 Å². The average molecular weight is 384 g/mol. The van der Waals surface area contributed by atoms with Crippen molar-refractivity contribution in [2.75, 3.05) is 12.1 Å². The summed E-state index contributed by atoms with van der Waals surface area (Å²) in [5, 5.41) is 5.30. The molecule has 0 fully saturated rings. The molecule has 2 amide bonds. The van der Waals surface area contributed by atoms with E-state index in [9.17, 15) is 14.4 Å². The van der Waals surface area contributed by atoms with Gasteiger partial charge in [-0.15, -0.1) is 0 Å². The third-order valence-corrected chi connectivity index (χ3v) is 3.98. The van der Waals surface area contributed by atoms with Gasteiger partial charge in [0.2, 0.25) is 12.7 Å². The summed E-state index contributed by atoms with van der Waals surface area (Å²) >= 11 is 0. The lowest BCUT2D eigenvalue weighted by Crippen LogP contribution is -2.35. The first-order valence-corrected chi connectivity index (χ1v) is 8.67. The van der Waals surface area contributed by atoms with Crippen LogP contribution in [0.15, 0.2) is 42.5 Å². The number of rotatable bonds is 6. The number of hydrogen-bond acceptors (Lipinski definition) is 6. The molecular formula is C20H20N2O6. The predicted molar refractivity (Wildman–Crippen MR) is 100 cm³/mol. The minimum Gasteiger partial charge on any atom is -0.454 e. The molecule has 0 unspecified atom stereocenters. The van der Waals surface area contributed by atoms with E-state index in [1.54, 1.807) is 30.3 Å². The number of carbonyl (C=O) groups excluding carboxylic acids is 3. The van der Waals surface area contributed by atoms with Crippen LogP contribution in [-0.2, 0) is 20.9 Å². The second-order valence-electron chi connectivity index (χ2n) is 6.21. The molecule has 3 rings (SSSR count). The van der Waals surface area contributed by atoms with E-state index in [0.29, 0.717) is 17.2 Å². The average Bonchev–Trinajstić information content (AvgIpc) is 3.13. The Kier molecular flexibility index (Phi) is 5.78. The van der Waals surface area contributed by atoms with Gasteiger partial charge in [0.15, 0.2) is 17.6 Å². The Morgan fingerprint density at radius 1 is 1.11 bits per heavy atom. The van der Waals surface area contributed by atoms with Crippen molar-refractivity contribution < 1.29 is 28.6 Å². The van der Waals surface area contributed by atoms with Crippen molar-refractivity contribution in [2.45, 2.75) is 26.5 Å². The van der Waals surface area contributed by atoms with Crippen LogP contribution in [0.2, 0.25) is 0 Å². The Hall–Kier alpha value is -3.55. The summed E-state index contributed by atoms with van der Waals surface area (Å²) in [7, 11) is 0. The molecule has 0 radical (unpaired) electrons. The molecule has 0 saturated carbocycles. The van der Waals surface area contributed by atoms with E-state index in [-0.39, 0.29) is 24.8 Å². The molecule has 28 heavy (non-hydrogen) atoms. The fraction of sp³-hybridized carbons (Fsp3) is 0.250. The van der Waals surface area contributed by atoms with E-state index in [1.807, 2.05) is 6.07 Å². The molecule has 0 aromatic heterocycles. The van der Waals surface area contributed by atoms with Gasteiger partial charge in [0.05, 0.1) is 5.56 Å². The van der Waals surface area contributed by atoms with Crippen molar-refractivity contribution in [2.24, 2.45) is 0 Å². The molecule has 1 heterocycles. The largest absolute Gasteiger partial charge is 0.454 e. The first kappa shape index (κ1) is 19.2. The molecular weight excluding hydrogens is 364 g/mol. The van der Waals surface area contributed by atoms with Crippen LogP contribution in [-0.4, -0.2) is 30.7 Å². The van der Waals surface area contributed by atoms with Gasteiger partial charge in [-0.25, -0.2) is 4.79 Å². The van der Waals surface area contributed by atoms with Gasteiger partial charge in [-0.2, -0.15) is 0 Å². The summed E-state index contributed by atoms with van der Waals surface area (Å²) in [5.74, 6) is -0.0344. The first-order valence-electron chi connectivity index (χ1n) is 8.67. The van der Waals surface area contributed by atoms with Crippen LogP contribution in [0.1, 0.15) is 29.8 Å². The van der Waals surface area contributed by atoms with E-state index in [0.717, 1.165) is 5.56 Å². The number of carbonyl (C=O) groups is 3. The summed E-state index contributed by atoms with van der Waals surface area (Å²) in [6.45, 7) is 3.30. The van der Waals surface area contributed by atoms with E-state index in [4.69, 9.17) is 14.2 Å². The number of ether oxygens (including phenoxy) is 3. The van der Waals surface area contributed by atoms with Crippen molar-refractivity contribution in [1.82, 2.24) is 5.32 Å². The van der Waals surface area contributed by atoms with Gasteiger partial charge in [-0.05, 0) is 42.8 Å². The highest BCUT2D eigenvalue weighted by molar-refractivity contribution is 5.95. The Bertz CT molecular complexity index is 911. The highest BCUT2D eigenvalue weighted by Gasteiger charge is 2.20. The van der Waals surface area contributed by atoms with Crippen molar-refractivity contribution in [3.8, 4) is 11.5 Å². The van der Waals surface area contributed by atoms with Crippen LogP contribution >= 0.6 is 0 Å². The number of nitrogens with one attached hydrogen (secondary N) is 2. The Morgan fingerprint density at radius 3 is 2.68 bits per heavy atom. The molecule has 8 heteroatoms. The van der Waals surface area contributed by atoms with Crippen molar-refractivity contribution >= 4 is 23.5 Å². The van der Waals surface area contributed by atoms with Crippen molar-refractivity contribution in [1.29, 1.82) is 0 Å². The monoisotopic (exact) mass is 384 g/mol. The second kappa shape index (κ2) is 8.43. The van der Waals surface area contributed by atoms with Gasteiger partial charge in [-0.1, -0.05) is 12.1 Å². The fourth-order valence-electron chi connectivity index (χ4n) is 2.59. The zero-order valence-electron chi connectivity index (χ0n) is 15.5. The highest BCUT2D eigenvalue weighted by atomic mass is 16.7. The molecule has 0 aliphatic carbocycles. The predicted octanol–water partition coefficient (Wildman–Crippen LogP) is 2.24. The standard InChI is InChI=1S/C20H20N2O6/c1-12(28-20(25)15-4-3-5-16(9-15)22-13(2)23)19(24)21-10-14-6-7-17-18(8-14)27-11-26-17/h3-9,12H,10-11H2,1-2H3,(H,21,24)(H,22,23)/t12-/m1/s1. The summed E-state index contributed by atoms with van der Waals surface area (Å²) in [4.78, 5) is 35.6. The molecule has 0 saturated heterocycles. The smallest absolute Gasteiger partial charge is 0.338 e. The molecule has 146 valence electrons. The topological polar surface area (TPSA) is 103 Å². The fourth-order valence-corrected chi connectivity index (χ4v) is 2.59. The zero-order valence-corrected chi connectivity index (χ0v) is 15.5. The molecule has 1 aliphatic heterocycles. The maximum Gasteiger partial charge on any atom is 0.338 e. The number of hydrogen-bond donors (Lipinski definition) is 2. The minimum atomic E-state index is -0.981. The van der Waals surface area contributed by atoms with Crippen LogP contribution < -0.4 is 20.1 Å². The molecule has 0 spiro atoms.